The van der Waals surface area contributed by atoms with Crippen LogP contribution in [0.4, 0.5) is 0 Å². The van der Waals surface area contributed by atoms with Crippen LogP contribution in [0.2, 0.25) is 0 Å². The Balaban J connectivity index is 2.02. The highest BCUT2D eigenvalue weighted by Crippen LogP contribution is 2.24. The topological polar surface area (TPSA) is 101 Å². The second-order valence-electron chi connectivity index (χ2n) is 6.20. The number of aliphatic hydroxyl groups is 1. The van der Waals surface area contributed by atoms with Crippen LogP contribution >= 0.6 is 0 Å². The Morgan fingerprint density at radius 3 is 2.73 bits per heavy atom. The quantitative estimate of drug-likeness (QED) is 0.731. The first-order valence-corrected chi connectivity index (χ1v) is 8.53. The third kappa shape index (κ3) is 3.67. The molecule has 1 amide bonds. The van der Waals surface area contributed by atoms with Gasteiger partial charge in [0.2, 0.25) is 0 Å². The molecule has 0 radical (unpaired) electrons. The average Bonchev–Trinajstić information content (AvgIpc) is 2.64. The fourth-order valence-corrected chi connectivity index (χ4v) is 2.73. The predicted molar refractivity (Wildman–Crippen MR) is 98.5 cm³/mol. The highest BCUT2D eigenvalue weighted by Gasteiger charge is 2.19. The van der Waals surface area contributed by atoms with Crippen molar-refractivity contribution in [3.05, 3.63) is 48.2 Å². The van der Waals surface area contributed by atoms with E-state index in [1.165, 1.54) is 6.20 Å². The van der Waals surface area contributed by atoms with Gasteiger partial charge in [-0.1, -0.05) is 13.0 Å². The highest BCUT2D eigenvalue weighted by molar-refractivity contribution is 5.96. The normalized spacial score (nSPS) is 13.4. The Labute approximate surface area is 151 Å². The van der Waals surface area contributed by atoms with E-state index >= 15 is 0 Å². The van der Waals surface area contributed by atoms with E-state index in [-0.39, 0.29) is 17.6 Å². The number of pyridine rings is 2. The number of carbonyl (C=O) groups excluding carboxylic acids is 1. The van der Waals surface area contributed by atoms with E-state index in [2.05, 4.69) is 25.3 Å². The van der Waals surface area contributed by atoms with E-state index in [1.807, 2.05) is 32.0 Å². The number of carbonyl (C=O) groups is 1. The molecule has 0 aliphatic carbocycles. The number of aryl methyl sites for hydroxylation is 1. The smallest absolute Gasteiger partial charge is 0.271 e. The lowest BCUT2D eigenvalue weighted by Gasteiger charge is -2.19. The summed E-state index contributed by atoms with van der Waals surface area (Å²) in [6.07, 6.45) is 4.67. The summed E-state index contributed by atoms with van der Waals surface area (Å²) in [6, 6.07) is 5.36. The van der Waals surface area contributed by atoms with Crippen LogP contribution in [0.5, 0.6) is 0 Å². The van der Waals surface area contributed by atoms with Crippen LogP contribution in [0.1, 0.15) is 36.5 Å². The van der Waals surface area contributed by atoms with Gasteiger partial charge in [0, 0.05) is 17.5 Å². The molecule has 0 aliphatic heterocycles. The number of amides is 1. The van der Waals surface area contributed by atoms with Crippen molar-refractivity contribution in [1.82, 2.24) is 25.3 Å². The van der Waals surface area contributed by atoms with Crippen molar-refractivity contribution in [2.45, 2.75) is 39.3 Å². The SMILES string of the molecule is CCC(NC(=O)c1cnc2cncc(-c3cccc(C)n3)c2n1)C(C)O. The third-order valence-corrected chi connectivity index (χ3v) is 4.19. The Bertz CT molecular complexity index is 942. The minimum atomic E-state index is -0.645. The molecule has 7 nitrogen and oxygen atoms in total. The number of aliphatic hydroxyl groups excluding tert-OH is 1. The summed E-state index contributed by atoms with van der Waals surface area (Å²) < 4.78 is 0. The van der Waals surface area contributed by atoms with Crippen LogP contribution < -0.4 is 5.32 Å². The van der Waals surface area contributed by atoms with Gasteiger partial charge in [-0.3, -0.25) is 19.7 Å². The first-order valence-electron chi connectivity index (χ1n) is 8.53. The fraction of sp³-hybridized carbons (Fsp3) is 0.316. The lowest BCUT2D eigenvalue weighted by atomic mass is 10.1. The van der Waals surface area contributed by atoms with E-state index in [0.717, 1.165) is 17.0 Å². The molecule has 7 heteroatoms. The second kappa shape index (κ2) is 7.53. The molecule has 2 atom stereocenters. The Morgan fingerprint density at radius 1 is 1.23 bits per heavy atom. The van der Waals surface area contributed by atoms with Crippen molar-refractivity contribution in [1.29, 1.82) is 0 Å². The number of fused-ring (bicyclic) bond motifs is 1. The molecule has 3 aromatic rings. The van der Waals surface area contributed by atoms with E-state index in [0.29, 0.717) is 17.5 Å². The van der Waals surface area contributed by atoms with Gasteiger partial charge >= 0.3 is 0 Å². The molecule has 2 N–H and O–H groups in total. The zero-order valence-corrected chi connectivity index (χ0v) is 15.0. The molecule has 0 fully saturated rings. The zero-order valence-electron chi connectivity index (χ0n) is 15.0. The maximum atomic E-state index is 12.5. The van der Waals surface area contributed by atoms with Crippen molar-refractivity contribution in [2.75, 3.05) is 0 Å². The highest BCUT2D eigenvalue weighted by atomic mass is 16.3. The first-order chi connectivity index (χ1) is 12.5. The number of aromatic nitrogens is 4. The number of nitrogens with zero attached hydrogens (tertiary/aromatic N) is 4. The third-order valence-electron chi connectivity index (χ3n) is 4.19. The molecule has 3 rings (SSSR count). The van der Waals surface area contributed by atoms with Gasteiger partial charge in [0.1, 0.15) is 16.7 Å². The molecule has 26 heavy (non-hydrogen) atoms. The fourth-order valence-electron chi connectivity index (χ4n) is 2.73. The zero-order chi connectivity index (χ0) is 18.7. The van der Waals surface area contributed by atoms with Gasteiger partial charge in [-0.2, -0.15) is 0 Å². The molecule has 2 unspecified atom stereocenters. The van der Waals surface area contributed by atoms with Crippen molar-refractivity contribution in [3.63, 3.8) is 0 Å². The van der Waals surface area contributed by atoms with E-state index in [4.69, 9.17) is 0 Å². The van der Waals surface area contributed by atoms with Gasteiger partial charge in [0.15, 0.2) is 0 Å². The summed E-state index contributed by atoms with van der Waals surface area (Å²) in [5.74, 6) is -0.368. The minimum absolute atomic E-state index is 0.191. The number of rotatable bonds is 5. The van der Waals surface area contributed by atoms with Gasteiger partial charge in [0.25, 0.3) is 5.91 Å². The van der Waals surface area contributed by atoms with Crippen LogP contribution in [0.25, 0.3) is 22.3 Å². The summed E-state index contributed by atoms with van der Waals surface area (Å²) in [6.45, 7) is 5.46. The van der Waals surface area contributed by atoms with E-state index in [9.17, 15) is 9.90 Å². The van der Waals surface area contributed by atoms with Crippen LogP contribution in [0, 0.1) is 6.92 Å². The molecule has 0 saturated heterocycles. The average molecular weight is 351 g/mol. The molecule has 0 bridgehead atoms. The summed E-state index contributed by atoms with van der Waals surface area (Å²) >= 11 is 0. The monoisotopic (exact) mass is 351 g/mol. The van der Waals surface area contributed by atoms with Crippen LogP contribution in [-0.2, 0) is 0 Å². The van der Waals surface area contributed by atoms with E-state index in [1.54, 1.807) is 19.3 Å². The van der Waals surface area contributed by atoms with Gasteiger partial charge < -0.3 is 10.4 Å². The molecule has 3 aromatic heterocycles. The second-order valence-corrected chi connectivity index (χ2v) is 6.20. The van der Waals surface area contributed by atoms with Crippen molar-refractivity contribution in [2.24, 2.45) is 0 Å². The van der Waals surface area contributed by atoms with E-state index < -0.39 is 6.10 Å². The lowest BCUT2D eigenvalue weighted by molar-refractivity contribution is 0.0850. The molecule has 0 aromatic carbocycles. The Kier molecular flexibility index (Phi) is 5.18. The minimum Gasteiger partial charge on any atom is -0.391 e. The molecule has 3 heterocycles. The number of hydrogen-bond donors (Lipinski definition) is 2. The summed E-state index contributed by atoms with van der Waals surface area (Å²) in [5.41, 5.74) is 3.67. The number of hydrogen-bond acceptors (Lipinski definition) is 6. The molecule has 0 saturated carbocycles. The first kappa shape index (κ1) is 17.9. The molecule has 0 spiro atoms. The largest absolute Gasteiger partial charge is 0.391 e. The van der Waals surface area contributed by atoms with Gasteiger partial charge in [0.05, 0.1) is 30.2 Å². The summed E-state index contributed by atoms with van der Waals surface area (Å²) in [5, 5.41) is 12.5. The lowest BCUT2D eigenvalue weighted by Crippen LogP contribution is -2.41. The maximum Gasteiger partial charge on any atom is 0.271 e. The van der Waals surface area contributed by atoms with Crippen LogP contribution in [0.15, 0.2) is 36.8 Å². The van der Waals surface area contributed by atoms with Gasteiger partial charge in [-0.15, -0.1) is 0 Å². The molecule has 0 aliphatic rings. The van der Waals surface area contributed by atoms with Gasteiger partial charge in [-0.25, -0.2) is 4.98 Å². The van der Waals surface area contributed by atoms with Crippen molar-refractivity contribution >= 4 is 16.9 Å². The van der Waals surface area contributed by atoms with Crippen LogP contribution in [-0.4, -0.2) is 43.1 Å². The number of nitrogens with one attached hydrogen (secondary N) is 1. The maximum absolute atomic E-state index is 12.5. The Hall–Kier alpha value is -2.93. The predicted octanol–water partition coefficient (Wildman–Crippen LogP) is 2.28. The van der Waals surface area contributed by atoms with Gasteiger partial charge in [-0.05, 0) is 32.4 Å². The summed E-state index contributed by atoms with van der Waals surface area (Å²) in [7, 11) is 0. The molecule has 134 valence electrons. The molecular formula is C19H21N5O2. The van der Waals surface area contributed by atoms with Crippen molar-refractivity contribution < 1.29 is 9.90 Å². The molecular weight excluding hydrogens is 330 g/mol. The summed E-state index contributed by atoms with van der Waals surface area (Å²) in [4.78, 5) is 30.0. The van der Waals surface area contributed by atoms with Crippen LogP contribution in [0.3, 0.4) is 0 Å². The van der Waals surface area contributed by atoms with Crippen molar-refractivity contribution in [3.8, 4) is 11.3 Å². The Morgan fingerprint density at radius 2 is 2.04 bits per heavy atom. The standard InChI is InChI=1S/C19H21N5O2/c1-4-14(12(3)25)24-19(26)17-10-21-16-9-20-8-13(18(16)23-17)15-7-5-6-11(2)22-15/h5-10,12,14,25H,4H2,1-3H3,(H,24,26).